The molecule has 2 heteroatoms. The Labute approximate surface area is 143 Å². The monoisotopic (exact) mass is 321 g/mol. The van der Waals surface area contributed by atoms with Crippen molar-refractivity contribution in [3.8, 4) is 0 Å². The molecule has 0 bridgehead atoms. The standard InChI is InChI=1S/C20H35NS/c1-11(2)16-17(12(3)4)19(14(7)8)21(15(9)10)20(22)18(16)13(5)6/h11-15H,1-10H3. The highest BCUT2D eigenvalue weighted by atomic mass is 32.1. The summed E-state index contributed by atoms with van der Waals surface area (Å²) in [4.78, 5) is 0. The summed E-state index contributed by atoms with van der Waals surface area (Å²) in [5.41, 5.74) is 5.89. The summed E-state index contributed by atoms with van der Waals surface area (Å²) < 4.78 is 3.48. The van der Waals surface area contributed by atoms with E-state index in [-0.39, 0.29) is 0 Å². The van der Waals surface area contributed by atoms with Crippen LogP contribution in [0.25, 0.3) is 0 Å². The van der Waals surface area contributed by atoms with Gasteiger partial charge in [0.2, 0.25) is 0 Å². The molecule has 0 saturated carbocycles. The molecule has 0 saturated heterocycles. The van der Waals surface area contributed by atoms with Crippen molar-refractivity contribution in [2.24, 2.45) is 0 Å². The first kappa shape index (κ1) is 19.4. The molecule has 0 aliphatic rings. The van der Waals surface area contributed by atoms with Gasteiger partial charge in [-0.1, -0.05) is 67.6 Å². The van der Waals surface area contributed by atoms with Crippen LogP contribution in [0.1, 0.15) is 121 Å². The minimum atomic E-state index is 0.404. The van der Waals surface area contributed by atoms with Crippen molar-refractivity contribution >= 4 is 12.2 Å². The maximum absolute atomic E-state index is 5.97. The van der Waals surface area contributed by atoms with Gasteiger partial charge >= 0.3 is 0 Å². The van der Waals surface area contributed by atoms with Crippen LogP contribution in [0.15, 0.2) is 0 Å². The summed E-state index contributed by atoms with van der Waals surface area (Å²) in [5, 5.41) is 0. The van der Waals surface area contributed by atoms with Crippen molar-refractivity contribution in [3.63, 3.8) is 0 Å². The fourth-order valence-electron chi connectivity index (χ4n) is 3.66. The Kier molecular flexibility index (Phi) is 6.44. The second-order valence-corrected chi connectivity index (χ2v) is 8.40. The molecule has 0 N–H and O–H groups in total. The van der Waals surface area contributed by atoms with Gasteiger partial charge in [0.05, 0.1) is 0 Å². The van der Waals surface area contributed by atoms with Crippen LogP contribution in [0, 0.1) is 4.64 Å². The fourth-order valence-corrected chi connectivity index (χ4v) is 4.31. The molecule has 0 amide bonds. The molecule has 0 spiro atoms. The lowest BCUT2D eigenvalue weighted by Crippen LogP contribution is -2.21. The first-order valence-corrected chi connectivity index (χ1v) is 9.25. The fraction of sp³-hybridized carbons (Fsp3) is 0.750. The molecule has 0 atom stereocenters. The number of nitrogens with zero attached hydrogens (tertiary/aromatic N) is 1. The highest BCUT2D eigenvalue weighted by Crippen LogP contribution is 2.40. The molecule has 22 heavy (non-hydrogen) atoms. The summed E-state index contributed by atoms with van der Waals surface area (Å²) in [6, 6.07) is 0.404. The first-order chi connectivity index (χ1) is 10.0. The molecule has 0 aliphatic heterocycles. The molecule has 1 aromatic rings. The van der Waals surface area contributed by atoms with Crippen LogP contribution in [0.4, 0.5) is 0 Å². The molecule has 0 aliphatic carbocycles. The summed E-state index contributed by atoms with van der Waals surface area (Å²) >= 11 is 5.97. The average Bonchev–Trinajstić information content (AvgIpc) is 2.34. The molecule has 1 rings (SSSR count). The predicted octanol–water partition coefficient (Wildman–Crippen LogP) is 7.29. The van der Waals surface area contributed by atoms with Gasteiger partial charge in [0.25, 0.3) is 0 Å². The third kappa shape index (κ3) is 3.48. The topological polar surface area (TPSA) is 4.93 Å². The first-order valence-electron chi connectivity index (χ1n) is 8.84. The van der Waals surface area contributed by atoms with Gasteiger partial charge in [0, 0.05) is 11.7 Å². The molecule has 0 unspecified atom stereocenters. The molecule has 0 aromatic carbocycles. The highest BCUT2D eigenvalue weighted by molar-refractivity contribution is 7.71. The zero-order chi connectivity index (χ0) is 17.4. The van der Waals surface area contributed by atoms with Crippen molar-refractivity contribution in [2.45, 2.75) is 99.0 Å². The number of hydrogen-bond acceptors (Lipinski definition) is 1. The van der Waals surface area contributed by atoms with Gasteiger partial charge in [0.15, 0.2) is 0 Å². The quantitative estimate of drug-likeness (QED) is 0.515. The summed E-state index contributed by atoms with van der Waals surface area (Å²) in [6.45, 7) is 22.9. The van der Waals surface area contributed by atoms with Gasteiger partial charge in [-0.2, -0.15) is 0 Å². The maximum Gasteiger partial charge on any atom is 0.110 e. The summed E-state index contributed by atoms with van der Waals surface area (Å²) in [5.74, 6) is 1.98. The van der Waals surface area contributed by atoms with Crippen molar-refractivity contribution in [1.82, 2.24) is 4.57 Å². The number of pyridine rings is 1. The van der Waals surface area contributed by atoms with Gasteiger partial charge in [-0.25, -0.2) is 0 Å². The Morgan fingerprint density at radius 3 is 1.27 bits per heavy atom. The smallest absolute Gasteiger partial charge is 0.110 e. The van der Waals surface area contributed by atoms with Gasteiger partial charge < -0.3 is 4.57 Å². The second kappa shape index (κ2) is 7.29. The van der Waals surface area contributed by atoms with Crippen LogP contribution >= 0.6 is 12.2 Å². The van der Waals surface area contributed by atoms with E-state index in [1.807, 2.05) is 0 Å². The van der Waals surface area contributed by atoms with Gasteiger partial charge in [-0.05, 0) is 54.2 Å². The summed E-state index contributed by atoms with van der Waals surface area (Å²) in [6.07, 6.45) is 0. The molecule has 0 radical (unpaired) electrons. The van der Waals surface area contributed by atoms with E-state index in [1.165, 1.54) is 22.4 Å². The van der Waals surface area contributed by atoms with E-state index in [1.54, 1.807) is 0 Å². The van der Waals surface area contributed by atoms with Gasteiger partial charge in [0.1, 0.15) is 4.64 Å². The minimum absolute atomic E-state index is 0.404. The van der Waals surface area contributed by atoms with E-state index >= 15 is 0 Å². The van der Waals surface area contributed by atoms with Crippen molar-refractivity contribution < 1.29 is 0 Å². The van der Waals surface area contributed by atoms with Crippen LogP contribution in [0.2, 0.25) is 0 Å². The lowest BCUT2D eigenvalue weighted by molar-refractivity contribution is 0.521. The molecule has 1 heterocycles. The SMILES string of the molecule is CC(C)c1c(C(C)C)c(C(C)C)n(C(C)C)c(=S)c1C(C)C. The van der Waals surface area contributed by atoms with Crippen LogP contribution in [-0.2, 0) is 0 Å². The Balaban J connectivity index is 4.12. The Hall–Kier alpha value is -0.630. The Morgan fingerprint density at radius 2 is 1.00 bits per heavy atom. The van der Waals surface area contributed by atoms with E-state index in [9.17, 15) is 0 Å². The van der Waals surface area contributed by atoms with E-state index < -0.39 is 0 Å². The van der Waals surface area contributed by atoms with Gasteiger partial charge in [-0.3, -0.25) is 0 Å². The molecule has 1 nitrogen and oxygen atoms in total. The third-order valence-electron chi connectivity index (χ3n) is 4.36. The molecular weight excluding hydrogens is 286 g/mol. The number of hydrogen-bond donors (Lipinski definition) is 0. The Bertz CT molecular complexity index is 530. The Morgan fingerprint density at radius 1 is 0.591 bits per heavy atom. The van der Waals surface area contributed by atoms with Gasteiger partial charge in [-0.15, -0.1) is 0 Å². The third-order valence-corrected chi connectivity index (χ3v) is 4.78. The molecule has 0 fully saturated rings. The van der Waals surface area contributed by atoms with Crippen molar-refractivity contribution in [1.29, 1.82) is 0 Å². The van der Waals surface area contributed by atoms with Crippen LogP contribution in [-0.4, -0.2) is 4.57 Å². The zero-order valence-electron chi connectivity index (χ0n) is 16.2. The van der Waals surface area contributed by atoms with E-state index in [4.69, 9.17) is 12.2 Å². The van der Waals surface area contributed by atoms with Crippen LogP contribution < -0.4 is 0 Å². The van der Waals surface area contributed by atoms with E-state index in [0.29, 0.717) is 29.7 Å². The predicted molar refractivity (Wildman–Crippen MR) is 102 cm³/mol. The van der Waals surface area contributed by atoms with Crippen LogP contribution in [0.3, 0.4) is 0 Å². The minimum Gasteiger partial charge on any atom is -0.333 e. The number of rotatable bonds is 5. The average molecular weight is 322 g/mol. The zero-order valence-corrected chi connectivity index (χ0v) is 17.1. The lowest BCUT2D eigenvalue weighted by atomic mass is 9.81. The second-order valence-electron chi connectivity index (χ2n) is 8.01. The normalized spacial score (nSPS) is 12.5. The van der Waals surface area contributed by atoms with Crippen molar-refractivity contribution in [2.75, 3.05) is 0 Å². The molecular formula is C20H35NS. The maximum atomic E-state index is 5.97. The van der Waals surface area contributed by atoms with E-state index in [0.717, 1.165) is 4.64 Å². The lowest BCUT2D eigenvalue weighted by Gasteiger charge is -2.32. The summed E-state index contributed by atoms with van der Waals surface area (Å²) in [7, 11) is 0. The van der Waals surface area contributed by atoms with Crippen molar-refractivity contribution in [3.05, 3.63) is 27.0 Å². The van der Waals surface area contributed by atoms with E-state index in [2.05, 4.69) is 73.8 Å². The number of aromatic nitrogens is 1. The van der Waals surface area contributed by atoms with Crippen LogP contribution in [0.5, 0.6) is 0 Å². The highest BCUT2D eigenvalue weighted by Gasteiger charge is 2.26. The molecule has 1 aromatic heterocycles. The molecule has 126 valence electrons. The largest absolute Gasteiger partial charge is 0.333 e.